The van der Waals surface area contributed by atoms with Crippen molar-refractivity contribution in [3.05, 3.63) is 65.2 Å². The fraction of sp³-hybridized carbons (Fsp3) is 0.227. The van der Waals surface area contributed by atoms with E-state index in [0.29, 0.717) is 17.9 Å². The number of rotatable bonds is 6. The van der Waals surface area contributed by atoms with E-state index < -0.39 is 0 Å². The number of nitrogens with one attached hydrogen (secondary N) is 1. The van der Waals surface area contributed by atoms with Crippen LogP contribution in [0.1, 0.15) is 27.9 Å². The number of hydrogen-bond donors (Lipinski definition) is 2. The second-order valence-corrected chi connectivity index (χ2v) is 6.17. The van der Waals surface area contributed by atoms with Crippen LogP contribution in [0, 0.1) is 0 Å². The van der Waals surface area contributed by atoms with Crippen molar-refractivity contribution in [3.63, 3.8) is 0 Å². The van der Waals surface area contributed by atoms with Gasteiger partial charge in [0, 0.05) is 12.6 Å². The minimum atomic E-state index is -0.327. The quantitative estimate of drug-likeness (QED) is 0.604. The molecule has 27 heavy (non-hydrogen) atoms. The van der Waals surface area contributed by atoms with E-state index in [0.717, 1.165) is 24.1 Å². The maximum atomic E-state index is 12.9. The van der Waals surface area contributed by atoms with Crippen molar-refractivity contribution >= 4 is 17.4 Å². The summed E-state index contributed by atoms with van der Waals surface area (Å²) < 4.78 is 10.8. The number of phenolic OH excluding ortho intramolecular Hbond substituents is 1. The Kier molecular flexibility index (Phi) is 5.94. The molecule has 0 saturated carbocycles. The molecule has 5 heteroatoms. The molecule has 0 atom stereocenters. The van der Waals surface area contributed by atoms with Gasteiger partial charge in [0.1, 0.15) is 22.8 Å². The Morgan fingerprint density at radius 3 is 2.52 bits per heavy atom. The summed E-state index contributed by atoms with van der Waals surface area (Å²) in [7, 11) is 3.01. The molecule has 0 spiro atoms. The van der Waals surface area contributed by atoms with Gasteiger partial charge in [0.25, 0.3) is 0 Å². The van der Waals surface area contributed by atoms with Crippen molar-refractivity contribution in [1.82, 2.24) is 5.32 Å². The maximum absolute atomic E-state index is 12.9. The Morgan fingerprint density at radius 1 is 1.15 bits per heavy atom. The standard InChI is InChI=1S/C22H23NO4/c1-26-18-14-19(27-2)21(17(24)9-8-15-6-4-3-5-7-15)22(25)20(18)16-10-12-23-13-11-16/h3-10,14,23,25H,11-13H2,1-2H3. The molecule has 2 aromatic carbocycles. The van der Waals surface area contributed by atoms with E-state index >= 15 is 0 Å². The van der Waals surface area contributed by atoms with E-state index in [9.17, 15) is 9.90 Å². The highest BCUT2D eigenvalue weighted by molar-refractivity contribution is 6.11. The van der Waals surface area contributed by atoms with E-state index in [2.05, 4.69) is 5.32 Å². The fourth-order valence-electron chi connectivity index (χ4n) is 3.16. The van der Waals surface area contributed by atoms with Crippen molar-refractivity contribution < 1.29 is 19.4 Å². The van der Waals surface area contributed by atoms with Crippen molar-refractivity contribution in [3.8, 4) is 17.2 Å². The minimum absolute atomic E-state index is 0.109. The van der Waals surface area contributed by atoms with Crippen LogP contribution in [0.2, 0.25) is 0 Å². The normalized spacial score (nSPS) is 14.1. The summed E-state index contributed by atoms with van der Waals surface area (Å²) >= 11 is 0. The van der Waals surface area contributed by atoms with Crippen LogP contribution in [0.25, 0.3) is 11.6 Å². The lowest BCUT2D eigenvalue weighted by Gasteiger charge is -2.20. The van der Waals surface area contributed by atoms with E-state index in [1.165, 1.54) is 20.3 Å². The van der Waals surface area contributed by atoms with Crippen LogP contribution in [0.4, 0.5) is 0 Å². The molecule has 5 nitrogen and oxygen atoms in total. The first-order valence-electron chi connectivity index (χ1n) is 8.81. The zero-order valence-corrected chi connectivity index (χ0v) is 15.5. The number of hydrogen-bond acceptors (Lipinski definition) is 5. The zero-order chi connectivity index (χ0) is 19.2. The van der Waals surface area contributed by atoms with Crippen LogP contribution in [0.5, 0.6) is 17.2 Å². The van der Waals surface area contributed by atoms with Gasteiger partial charge >= 0.3 is 0 Å². The second-order valence-electron chi connectivity index (χ2n) is 6.17. The lowest BCUT2D eigenvalue weighted by molar-refractivity contribution is 0.104. The molecule has 3 rings (SSSR count). The van der Waals surface area contributed by atoms with Gasteiger partial charge in [0.05, 0.1) is 19.8 Å². The number of carbonyl (C=O) groups is 1. The molecule has 0 amide bonds. The number of ketones is 1. The first-order chi connectivity index (χ1) is 13.2. The van der Waals surface area contributed by atoms with Crippen LogP contribution in [0.3, 0.4) is 0 Å². The van der Waals surface area contributed by atoms with E-state index in [-0.39, 0.29) is 22.8 Å². The predicted molar refractivity (Wildman–Crippen MR) is 106 cm³/mol. The number of ether oxygens (including phenoxy) is 2. The lowest BCUT2D eigenvalue weighted by Crippen LogP contribution is -2.20. The molecule has 0 aromatic heterocycles. The number of aromatic hydroxyl groups is 1. The zero-order valence-electron chi connectivity index (χ0n) is 15.5. The van der Waals surface area contributed by atoms with Crippen LogP contribution < -0.4 is 14.8 Å². The highest BCUT2D eigenvalue weighted by Gasteiger charge is 2.25. The molecule has 2 aromatic rings. The largest absolute Gasteiger partial charge is 0.506 e. The molecule has 0 unspecified atom stereocenters. The van der Waals surface area contributed by atoms with Crippen molar-refractivity contribution in [2.45, 2.75) is 6.42 Å². The molecular weight excluding hydrogens is 342 g/mol. The summed E-state index contributed by atoms with van der Waals surface area (Å²) in [6, 6.07) is 11.2. The lowest BCUT2D eigenvalue weighted by atomic mass is 9.93. The first-order valence-corrected chi connectivity index (χ1v) is 8.81. The molecule has 140 valence electrons. The first kappa shape index (κ1) is 18.7. The Balaban J connectivity index is 2.06. The molecule has 0 radical (unpaired) electrons. The topological polar surface area (TPSA) is 67.8 Å². The monoisotopic (exact) mass is 365 g/mol. The molecule has 0 aliphatic carbocycles. The van der Waals surface area contributed by atoms with Crippen molar-refractivity contribution in [2.24, 2.45) is 0 Å². The van der Waals surface area contributed by atoms with Gasteiger partial charge in [0.2, 0.25) is 0 Å². The Bertz CT molecular complexity index is 885. The molecule has 1 aliphatic heterocycles. The third-order valence-corrected chi connectivity index (χ3v) is 4.53. The maximum Gasteiger partial charge on any atom is 0.193 e. The summed E-state index contributed by atoms with van der Waals surface area (Å²) in [5, 5.41) is 14.2. The smallest absolute Gasteiger partial charge is 0.193 e. The van der Waals surface area contributed by atoms with E-state index in [1.54, 1.807) is 12.1 Å². The molecular formula is C22H23NO4. The second kappa shape index (κ2) is 8.56. The Hall–Kier alpha value is -3.05. The number of phenols is 1. The summed E-state index contributed by atoms with van der Waals surface area (Å²) in [6.45, 7) is 1.51. The highest BCUT2D eigenvalue weighted by Crippen LogP contribution is 2.43. The van der Waals surface area contributed by atoms with Gasteiger partial charge < -0.3 is 19.9 Å². The summed E-state index contributed by atoms with van der Waals surface area (Å²) in [4.78, 5) is 12.9. The summed E-state index contributed by atoms with van der Waals surface area (Å²) in [5.74, 6) is 0.333. The van der Waals surface area contributed by atoms with Gasteiger partial charge in [-0.2, -0.15) is 0 Å². The molecule has 0 bridgehead atoms. The molecule has 0 fully saturated rings. The van der Waals surface area contributed by atoms with Crippen LogP contribution in [-0.2, 0) is 0 Å². The summed E-state index contributed by atoms with van der Waals surface area (Å²) in [6.07, 6.45) is 5.90. The van der Waals surface area contributed by atoms with Gasteiger partial charge in [-0.25, -0.2) is 0 Å². The van der Waals surface area contributed by atoms with Crippen LogP contribution in [0.15, 0.2) is 48.6 Å². The number of methoxy groups -OCH3 is 2. The molecule has 1 aliphatic rings. The van der Waals surface area contributed by atoms with Crippen LogP contribution in [-0.4, -0.2) is 38.2 Å². The number of benzene rings is 2. The van der Waals surface area contributed by atoms with Gasteiger partial charge in [-0.05, 0) is 30.2 Å². The molecule has 0 saturated heterocycles. The number of carbonyl (C=O) groups excluding carboxylic acids is 1. The van der Waals surface area contributed by atoms with Gasteiger partial charge in [0.15, 0.2) is 5.78 Å². The third kappa shape index (κ3) is 4.04. The highest BCUT2D eigenvalue weighted by atomic mass is 16.5. The number of allylic oxidation sites excluding steroid dienone is 1. The third-order valence-electron chi connectivity index (χ3n) is 4.53. The summed E-state index contributed by atoms with van der Waals surface area (Å²) in [5.41, 5.74) is 2.54. The van der Waals surface area contributed by atoms with E-state index in [1.807, 2.05) is 36.4 Å². The molecule has 2 N–H and O–H groups in total. The van der Waals surface area contributed by atoms with Crippen molar-refractivity contribution in [2.75, 3.05) is 27.3 Å². The van der Waals surface area contributed by atoms with Crippen molar-refractivity contribution in [1.29, 1.82) is 0 Å². The molecule has 1 heterocycles. The SMILES string of the molecule is COc1cc(OC)c(C2=CCNCC2)c(O)c1C(=O)C=Cc1ccccc1. The van der Waals surface area contributed by atoms with Gasteiger partial charge in [-0.15, -0.1) is 0 Å². The average Bonchev–Trinajstić information content (AvgIpc) is 2.72. The minimum Gasteiger partial charge on any atom is -0.506 e. The predicted octanol–water partition coefficient (Wildman–Crippen LogP) is 3.68. The average molecular weight is 365 g/mol. The van der Waals surface area contributed by atoms with Gasteiger partial charge in [-0.1, -0.05) is 42.5 Å². The van der Waals surface area contributed by atoms with E-state index in [4.69, 9.17) is 9.47 Å². The van der Waals surface area contributed by atoms with Crippen LogP contribution >= 0.6 is 0 Å². The Morgan fingerprint density at radius 2 is 1.89 bits per heavy atom. The van der Waals surface area contributed by atoms with Gasteiger partial charge in [-0.3, -0.25) is 4.79 Å². The fourth-order valence-corrected chi connectivity index (χ4v) is 3.16. The Labute approximate surface area is 158 Å².